The van der Waals surface area contributed by atoms with Crippen molar-refractivity contribution in [2.75, 3.05) is 0 Å². The van der Waals surface area contributed by atoms with E-state index in [9.17, 15) is 18.0 Å². The van der Waals surface area contributed by atoms with Crippen molar-refractivity contribution < 1.29 is 18.0 Å². The molecule has 0 radical (unpaired) electrons. The molecule has 25 heavy (non-hydrogen) atoms. The maximum Gasteiger partial charge on any atom is 0.417 e. The summed E-state index contributed by atoms with van der Waals surface area (Å²) in [4.78, 5) is 12.2. The van der Waals surface area contributed by atoms with E-state index in [4.69, 9.17) is 0 Å². The fourth-order valence-electron chi connectivity index (χ4n) is 3.15. The molecule has 4 nitrogen and oxygen atoms in total. The van der Waals surface area contributed by atoms with Gasteiger partial charge in [-0.1, -0.05) is 30.3 Å². The van der Waals surface area contributed by atoms with Crippen LogP contribution in [0.5, 0.6) is 0 Å². The molecule has 1 atom stereocenters. The molecular weight excluding hydrogens is 331 g/mol. The first-order chi connectivity index (χ1) is 11.9. The van der Waals surface area contributed by atoms with E-state index in [0.29, 0.717) is 12.5 Å². The summed E-state index contributed by atoms with van der Waals surface area (Å²) in [5.74, 6) is -0.752. The van der Waals surface area contributed by atoms with Gasteiger partial charge in [0.25, 0.3) is 0 Å². The van der Waals surface area contributed by atoms with Crippen molar-refractivity contribution in [3.05, 3.63) is 59.4 Å². The van der Waals surface area contributed by atoms with Crippen LogP contribution in [0.4, 0.5) is 13.2 Å². The number of fused-ring (bicyclic) bond motifs is 1. The number of nitrogens with one attached hydrogen (secondary N) is 1. The van der Waals surface area contributed by atoms with E-state index in [1.165, 1.54) is 24.3 Å². The molecule has 0 spiro atoms. The van der Waals surface area contributed by atoms with Crippen LogP contribution in [0, 0.1) is 0 Å². The SMILES string of the molecule is Cn1ncc2c1CCC[C@@H]2NC(=O)/C=C(\c1ccccc1)C(F)(F)F. The van der Waals surface area contributed by atoms with Crippen molar-refractivity contribution in [3.8, 4) is 0 Å². The number of carbonyl (C=O) groups excluding carboxylic acids is 1. The summed E-state index contributed by atoms with van der Waals surface area (Å²) in [6.07, 6.45) is 0.0958. The van der Waals surface area contributed by atoms with Crippen LogP contribution in [0.15, 0.2) is 42.6 Å². The lowest BCUT2D eigenvalue weighted by molar-refractivity contribution is -0.117. The number of hydrogen-bond acceptors (Lipinski definition) is 2. The van der Waals surface area contributed by atoms with Crippen LogP contribution in [0.3, 0.4) is 0 Å². The van der Waals surface area contributed by atoms with Gasteiger partial charge in [0.15, 0.2) is 0 Å². The molecule has 3 rings (SSSR count). The molecule has 1 aliphatic carbocycles. The Morgan fingerprint density at radius 2 is 2.04 bits per heavy atom. The number of halogens is 3. The van der Waals surface area contributed by atoms with E-state index in [1.807, 2.05) is 7.05 Å². The van der Waals surface area contributed by atoms with Gasteiger partial charge in [0.1, 0.15) is 0 Å². The molecule has 0 saturated heterocycles. The Morgan fingerprint density at radius 3 is 2.72 bits per heavy atom. The van der Waals surface area contributed by atoms with Gasteiger partial charge in [-0.25, -0.2) is 0 Å². The van der Waals surface area contributed by atoms with Crippen molar-refractivity contribution >= 4 is 11.5 Å². The Kier molecular flexibility index (Phi) is 4.65. The van der Waals surface area contributed by atoms with Crippen LogP contribution in [0.1, 0.15) is 35.7 Å². The minimum Gasteiger partial charge on any atom is -0.346 e. The number of hydrogen-bond donors (Lipinski definition) is 1. The van der Waals surface area contributed by atoms with Gasteiger partial charge in [0.2, 0.25) is 5.91 Å². The average molecular weight is 349 g/mol. The summed E-state index contributed by atoms with van der Waals surface area (Å²) >= 11 is 0. The molecular formula is C18H18F3N3O. The third kappa shape index (κ3) is 3.75. The van der Waals surface area contributed by atoms with Crippen molar-refractivity contribution in [1.29, 1.82) is 0 Å². The third-order valence-electron chi connectivity index (χ3n) is 4.36. The largest absolute Gasteiger partial charge is 0.417 e. The van der Waals surface area contributed by atoms with Crippen LogP contribution < -0.4 is 5.32 Å². The zero-order valence-electron chi connectivity index (χ0n) is 13.7. The predicted octanol–water partition coefficient (Wildman–Crippen LogP) is 3.56. The number of carbonyl (C=O) groups is 1. The van der Waals surface area contributed by atoms with E-state index < -0.39 is 17.7 Å². The molecule has 2 aromatic rings. The lowest BCUT2D eigenvalue weighted by atomic mass is 9.93. The maximum absolute atomic E-state index is 13.3. The minimum atomic E-state index is -4.61. The van der Waals surface area contributed by atoms with E-state index in [1.54, 1.807) is 16.9 Å². The van der Waals surface area contributed by atoms with Gasteiger partial charge in [0, 0.05) is 24.4 Å². The Labute approximate surface area is 143 Å². The van der Waals surface area contributed by atoms with Crippen molar-refractivity contribution in [2.45, 2.75) is 31.5 Å². The van der Waals surface area contributed by atoms with Gasteiger partial charge in [0.05, 0.1) is 17.8 Å². The molecule has 0 unspecified atom stereocenters. The predicted molar refractivity (Wildman–Crippen MR) is 87.5 cm³/mol. The van der Waals surface area contributed by atoms with Crippen LogP contribution >= 0.6 is 0 Å². The minimum absolute atomic E-state index is 0.0316. The van der Waals surface area contributed by atoms with Gasteiger partial charge in [-0.15, -0.1) is 0 Å². The first-order valence-electron chi connectivity index (χ1n) is 8.02. The van der Waals surface area contributed by atoms with Crippen molar-refractivity contribution in [3.63, 3.8) is 0 Å². The van der Waals surface area contributed by atoms with E-state index in [2.05, 4.69) is 10.4 Å². The molecule has 1 aromatic carbocycles. The van der Waals surface area contributed by atoms with E-state index in [0.717, 1.165) is 24.1 Å². The van der Waals surface area contributed by atoms with Gasteiger partial charge in [-0.2, -0.15) is 18.3 Å². The smallest absolute Gasteiger partial charge is 0.346 e. The first-order valence-corrected chi connectivity index (χ1v) is 8.02. The second-order valence-corrected chi connectivity index (χ2v) is 6.05. The van der Waals surface area contributed by atoms with E-state index >= 15 is 0 Å². The third-order valence-corrected chi connectivity index (χ3v) is 4.36. The van der Waals surface area contributed by atoms with Crippen LogP contribution in [0.2, 0.25) is 0 Å². The number of nitrogens with zero attached hydrogens (tertiary/aromatic N) is 2. The first kappa shape index (κ1) is 17.3. The van der Waals surface area contributed by atoms with E-state index in [-0.39, 0.29) is 11.6 Å². The molecule has 1 amide bonds. The lowest BCUT2D eigenvalue weighted by Gasteiger charge is -2.23. The fraction of sp³-hybridized carbons (Fsp3) is 0.333. The standard InChI is InChI=1S/C18H18F3N3O/c1-24-16-9-5-8-15(13(16)11-22-24)23-17(25)10-14(18(19,20)21)12-6-3-2-4-7-12/h2-4,6-7,10-11,15H,5,8-9H2,1H3,(H,23,25)/b14-10+/t15-/m0/s1. The second-order valence-electron chi connectivity index (χ2n) is 6.05. The summed E-state index contributed by atoms with van der Waals surface area (Å²) in [7, 11) is 1.82. The molecule has 1 N–H and O–H groups in total. The number of allylic oxidation sites excluding steroid dienone is 1. The molecule has 0 fully saturated rings. The normalized spacial score (nSPS) is 17.9. The summed E-state index contributed by atoms with van der Waals surface area (Å²) in [5, 5.41) is 6.87. The van der Waals surface area contributed by atoms with Crippen molar-refractivity contribution in [1.82, 2.24) is 15.1 Å². The molecule has 1 aromatic heterocycles. The number of benzene rings is 1. The van der Waals surface area contributed by atoms with Crippen molar-refractivity contribution in [2.24, 2.45) is 7.05 Å². The topological polar surface area (TPSA) is 46.9 Å². The summed E-state index contributed by atoms with van der Waals surface area (Å²) in [5.41, 5.74) is 0.909. The lowest BCUT2D eigenvalue weighted by Crippen LogP contribution is -2.30. The Balaban J connectivity index is 1.84. The number of rotatable bonds is 3. The van der Waals surface area contributed by atoms with Gasteiger partial charge >= 0.3 is 6.18 Å². The highest BCUT2D eigenvalue weighted by Crippen LogP contribution is 2.34. The fourth-order valence-corrected chi connectivity index (χ4v) is 3.15. The molecule has 1 heterocycles. The number of alkyl halides is 3. The summed E-state index contributed by atoms with van der Waals surface area (Å²) in [6, 6.07) is 7.01. The molecule has 0 bridgehead atoms. The average Bonchev–Trinajstić information content (AvgIpc) is 2.95. The molecule has 0 saturated carbocycles. The Morgan fingerprint density at radius 1 is 1.32 bits per heavy atom. The summed E-state index contributed by atoms with van der Waals surface area (Å²) in [6.45, 7) is 0. The quantitative estimate of drug-likeness (QED) is 0.862. The monoisotopic (exact) mass is 349 g/mol. The molecule has 0 aliphatic heterocycles. The van der Waals surface area contributed by atoms with Crippen LogP contribution in [-0.2, 0) is 18.3 Å². The number of amides is 1. The highest BCUT2D eigenvalue weighted by molar-refractivity contribution is 5.96. The number of aromatic nitrogens is 2. The highest BCUT2D eigenvalue weighted by Gasteiger charge is 2.35. The number of aryl methyl sites for hydroxylation is 1. The van der Waals surface area contributed by atoms with Gasteiger partial charge in [-0.05, 0) is 24.8 Å². The maximum atomic E-state index is 13.3. The molecule has 7 heteroatoms. The summed E-state index contributed by atoms with van der Waals surface area (Å²) < 4.78 is 41.7. The highest BCUT2D eigenvalue weighted by atomic mass is 19.4. The van der Waals surface area contributed by atoms with Crippen LogP contribution in [-0.4, -0.2) is 21.9 Å². The van der Waals surface area contributed by atoms with Gasteiger partial charge in [-0.3, -0.25) is 9.48 Å². The zero-order valence-corrected chi connectivity index (χ0v) is 13.7. The van der Waals surface area contributed by atoms with Crippen LogP contribution in [0.25, 0.3) is 5.57 Å². The van der Waals surface area contributed by atoms with Gasteiger partial charge < -0.3 is 5.32 Å². The molecule has 1 aliphatic rings. The Bertz CT molecular complexity index is 794. The molecule has 132 valence electrons. The second kappa shape index (κ2) is 6.74. The zero-order chi connectivity index (χ0) is 18.0. The Hall–Kier alpha value is -2.57.